The molecule has 0 atom stereocenters. The highest BCUT2D eigenvalue weighted by Crippen LogP contribution is 2.30. The van der Waals surface area contributed by atoms with Crippen molar-refractivity contribution in [1.82, 2.24) is 5.32 Å². The molecule has 6 heteroatoms. The molecular weight excluding hydrogens is 354 g/mol. The molecule has 1 aromatic heterocycles. The van der Waals surface area contributed by atoms with E-state index >= 15 is 0 Å². The number of fused-ring (bicyclic) bond motifs is 1. The van der Waals surface area contributed by atoms with Gasteiger partial charge in [-0.05, 0) is 54.8 Å². The Morgan fingerprint density at radius 3 is 2.73 bits per heavy atom. The van der Waals surface area contributed by atoms with Crippen molar-refractivity contribution in [1.29, 1.82) is 0 Å². The molecule has 1 N–H and O–H groups in total. The molecular formula is C20H18ClNO4. The van der Waals surface area contributed by atoms with E-state index < -0.39 is 5.63 Å². The van der Waals surface area contributed by atoms with Gasteiger partial charge < -0.3 is 14.5 Å². The Kier molecular flexibility index (Phi) is 5.00. The van der Waals surface area contributed by atoms with E-state index in [0.717, 1.165) is 16.5 Å². The summed E-state index contributed by atoms with van der Waals surface area (Å²) in [5.41, 5.74) is 2.77. The maximum atomic E-state index is 12.4. The highest BCUT2D eigenvalue weighted by molar-refractivity contribution is 6.33. The largest absolute Gasteiger partial charge is 0.497 e. The second-order valence-electron chi connectivity index (χ2n) is 6.01. The number of rotatable bonds is 4. The van der Waals surface area contributed by atoms with Gasteiger partial charge in [-0.3, -0.25) is 4.79 Å². The summed E-state index contributed by atoms with van der Waals surface area (Å²) >= 11 is 6.34. The maximum Gasteiger partial charge on any atom is 0.336 e. The van der Waals surface area contributed by atoms with Crippen LogP contribution in [0, 0.1) is 13.8 Å². The molecule has 0 aliphatic heterocycles. The summed E-state index contributed by atoms with van der Waals surface area (Å²) in [5.74, 6) is 0.336. The van der Waals surface area contributed by atoms with Gasteiger partial charge in [0.1, 0.15) is 11.3 Å². The van der Waals surface area contributed by atoms with Crippen LogP contribution >= 0.6 is 11.6 Å². The van der Waals surface area contributed by atoms with Crippen molar-refractivity contribution in [2.45, 2.75) is 20.4 Å². The first-order valence-corrected chi connectivity index (χ1v) is 8.43. The SMILES string of the molecule is COc1cccc(C(=O)NCc2cc(=O)oc3cc(C)c(Cl)c(C)c23)c1. The average molecular weight is 372 g/mol. The summed E-state index contributed by atoms with van der Waals surface area (Å²) in [4.78, 5) is 24.3. The monoisotopic (exact) mass is 371 g/mol. The van der Waals surface area contributed by atoms with Crippen molar-refractivity contribution in [2.24, 2.45) is 0 Å². The number of nitrogens with one attached hydrogen (secondary N) is 1. The van der Waals surface area contributed by atoms with Gasteiger partial charge in [0.05, 0.1) is 7.11 Å². The first-order chi connectivity index (χ1) is 12.4. The van der Waals surface area contributed by atoms with Crippen molar-refractivity contribution >= 4 is 28.5 Å². The minimum Gasteiger partial charge on any atom is -0.497 e. The predicted molar refractivity (Wildman–Crippen MR) is 101 cm³/mol. The standard InChI is InChI=1S/C20H18ClNO4/c1-11-7-16-18(12(2)19(11)21)14(9-17(23)26-16)10-22-20(24)13-5-4-6-15(8-13)25-3/h4-9H,10H2,1-3H3,(H,22,24). The highest BCUT2D eigenvalue weighted by atomic mass is 35.5. The molecule has 1 heterocycles. The van der Waals surface area contributed by atoms with E-state index in [0.29, 0.717) is 27.5 Å². The van der Waals surface area contributed by atoms with Crippen LogP contribution in [0.4, 0.5) is 0 Å². The van der Waals surface area contributed by atoms with Crippen molar-refractivity contribution in [3.05, 3.63) is 74.1 Å². The topological polar surface area (TPSA) is 68.5 Å². The summed E-state index contributed by atoms with van der Waals surface area (Å²) in [7, 11) is 1.54. The van der Waals surface area contributed by atoms with Crippen LogP contribution < -0.4 is 15.7 Å². The number of carbonyl (C=O) groups is 1. The third-order valence-electron chi connectivity index (χ3n) is 4.24. The summed E-state index contributed by atoms with van der Waals surface area (Å²) in [5, 5.41) is 4.19. The molecule has 0 bridgehead atoms. The van der Waals surface area contributed by atoms with Crippen molar-refractivity contribution in [3.63, 3.8) is 0 Å². The number of benzene rings is 2. The maximum absolute atomic E-state index is 12.4. The quantitative estimate of drug-likeness (QED) is 0.704. The minimum atomic E-state index is -0.468. The fourth-order valence-corrected chi connectivity index (χ4v) is 3.08. The molecule has 3 aromatic rings. The van der Waals surface area contributed by atoms with E-state index in [2.05, 4.69) is 5.32 Å². The van der Waals surface area contributed by atoms with Crippen LogP contribution in [-0.2, 0) is 6.54 Å². The van der Waals surface area contributed by atoms with Gasteiger partial charge in [-0.15, -0.1) is 0 Å². The van der Waals surface area contributed by atoms with E-state index in [1.807, 2.05) is 13.8 Å². The third-order valence-corrected chi connectivity index (χ3v) is 4.82. The summed E-state index contributed by atoms with van der Waals surface area (Å²) in [6.07, 6.45) is 0. The first kappa shape index (κ1) is 18.0. The predicted octanol–water partition coefficient (Wildman–Crippen LogP) is 4.00. The van der Waals surface area contributed by atoms with Crippen LogP contribution in [0.25, 0.3) is 11.0 Å². The van der Waals surface area contributed by atoms with Crippen molar-refractivity contribution in [3.8, 4) is 5.75 Å². The Balaban J connectivity index is 1.95. The molecule has 2 aromatic carbocycles. The first-order valence-electron chi connectivity index (χ1n) is 8.05. The van der Waals surface area contributed by atoms with Crippen LogP contribution in [0.5, 0.6) is 5.75 Å². The number of hydrogen-bond donors (Lipinski definition) is 1. The van der Waals surface area contributed by atoms with Crippen LogP contribution in [-0.4, -0.2) is 13.0 Å². The van der Waals surface area contributed by atoms with Gasteiger partial charge in [0.2, 0.25) is 0 Å². The number of hydrogen-bond acceptors (Lipinski definition) is 4. The number of methoxy groups -OCH3 is 1. The summed E-state index contributed by atoms with van der Waals surface area (Å²) in [6.45, 7) is 3.90. The Morgan fingerprint density at radius 2 is 2.00 bits per heavy atom. The number of amides is 1. The Hall–Kier alpha value is -2.79. The van der Waals surface area contributed by atoms with E-state index in [-0.39, 0.29) is 12.5 Å². The molecule has 0 spiro atoms. The smallest absolute Gasteiger partial charge is 0.336 e. The lowest BCUT2D eigenvalue weighted by atomic mass is 10.0. The number of aryl methyl sites for hydroxylation is 2. The minimum absolute atomic E-state index is 0.179. The van der Waals surface area contributed by atoms with E-state index in [9.17, 15) is 9.59 Å². The summed E-state index contributed by atoms with van der Waals surface area (Å²) in [6, 6.07) is 9.97. The second-order valence-corrected chi connectivity index (χ2v) is 6.39. The van der Waals surface area contributed by atoms with Gasteiger partial charge in [0.25, 0.3) is 5.91 Å². The lowest BCUT2D eigenvalue weighted by molar-refractivity contribution is 0.0950. The lowest BCUT2D eigenvalue weighted by Crippen LogP contribution is -2.23. The van der Waals surface area contributed by atoms with Crippen LogP contribution in [0.15, 0.2) is 45.6 Å². The van der Waals surface area contributed by atoms with E-state index in [1.54, 1.807) is 37.4 Å². The van der Waals surface area contributed by atoms with Gasteiger partial charge in [-0.2, -0.15) is 0 Å². The molecule has 0 radical (unpaired) electrons. The molecule has 26 heavy (non-hydrogen) atoms. The molecule has 1 amide bonds. The molecule has 5 nitrogen and oxygen atoms in total. The number of halogens is 1. The zero-order chi connectivity index (χ0) is 18.8. The fraction of sp³-hybridized carbons (Fsp3) is 0.200. The number of ether oxygens (including phenoxy) is 1. The Labute approximate surface area is 155 Å². The molecule has 3 rings (SSSR count). The molecule has 0 saturated carbocycles. The Bertz CT molecular complexity index is 1060. The van der Waals surface area contributed by atoms with Gasteiger partial charge in [0.15, 0.2) is 0 Å². The lowest BCUT2D eigenvalue weighted by Gasteiger charge is -2.12. The van der Waals surface area contributed by atoms with Crippen LogP contribution in [0.2, 0.25) is 5.02 Å². The molecule has 134 valence electrons. The fourth-order valence-electron chi connectivity index (χ4n) is 2.94. The second kappa shape index (κ2) is 7.22. The van der Waals surface area contributed by atoms with Gasteiger partial charge in [-0.25, -0.2) is 4.79 Å². The Morgan fingerprint density at radius 1 is 1.23 bits per heavy atom. The molecule has 0 aliphatic rings. The van der Waals surface area contributed by atoms with Crippen LogP contribution in [0.3, 0.4) is 0 Å². The van der Waals surface area contributed by atoms with Crippen molar-refractivity contribution < 1.29 is 13.9 Å². The number of carbonyl (C=O) groups excluding carboxylic acids is 1. The molecule has 0 fully saturated rings. The van der Waals surface area contributed by atoms with Crippen molar-refractivity contribution in [2.75, 3.05) is 7.11 Å². The van der Waals surface area contributed by atoms with Gasteiger partial charge in [0, 0.05) is 28.6 Å². The van der Waals surface area contributed by atoms with E-state index in [4.69, 9.17) is 20.8 Å². The third kappa shape index (κ3) is 3.44. The highest BCUT2D eigenvalue weighted by Gasteiger charge is 2.14. The normalized spacial score (nSPS) is 10.8. The molecule has 0 unspecified atom stereocenters. The van der Waals surface area contributed by atoms with E-state index in [1.165, 1.54) is 6.07 Å². The zero-order valence-electron chi connectivity index (χ0n) is 14.7. The van der Waals surface area contributed by atoms with Gasteiger partial charge in [-0.1, -0.05) is 17.7 Å². The van der Waals surface area contributed by atoms with Gasteiger partial charge >= 0.3 is 5.63 Å². The molecule has 0 aliphatic carbocycles. The summed E-state index contributed by atoms with van der Waals surface area (Å²) < 4.78 is 10.4. The average Bonchev–Trinajstić information content (AvgIpc) is 2.63. The zero-order valence-corrected chi connectivity index (χ0v) is 15.4. The van der Waals surface area contributed by atoms with Crippen LogP contribution in [0.1, 0.15) is 27.0 Å². The molecule has 0 saturated heterocycles.